The number of halogens is 4. The van der Waals surface area contributed by atoms with Crippen molar-refractivity contribution in [2.24, 2.45) is 0 Å². The van der Waals surface area contributed by atoms with Crippen LogP contribution in [-0.2, 0) is 6.18 Å². The molecule has 1 aromatic carbocycles. The molecule has 0 bridgehead atoms. The number of alkyl halides is 3. The van der Waals surface area contributed by atoms with Crippen molar-refractivity contribution in [2.45, 2.75) is 12.6 Å². The highest BCUT2D eigenvalue weighted by Crippen LogP contribution is 2.34. The van der Waals surface area contributed by atoms with E-state index in [0.717, 1.165) is 12.3 Å². The van der Waals surface area contributed by atoms with Crippen LogP contribution in [0.3, 0.4) is 0 Å². The van der Waals surface area contributed by atoms with Crippen LogP contribution in [0.1, 0.15) is 22.3 Å². The summed E-state index contributed by atoms with van der Waals surface area (Å²) < 4.78 is 43.4. The zero-order valence-corrected chi connectivity index (χ0v) is 16.3. The molecule has 1 N–H and O–H groups in total. The molecule has 2 aromatic rings. The maximum absolute atomic E-state index is 12.8. The number of aromatic nitrogens is 1. The zero-order valence-electron chi connectivity index (χ0n) is 15.5. The summed E-state index contributed by atoms with van der Waals surface area (Å²) in [5, 5.41) is 10.0. The molecule has 1 aliphatic rings. The van der Waals surface area contributed by atoms with Crippen molar-refractivity contribution in [3.05, 3.63) is 46.6 Å². The topological polar surface area (TPSA) is 65.9 Å². The number of phenols is 1. The summed E-state index contributed by atoms with van der Waals surface area (Å²) in [7, 11) is 1.46. The summed E-state index contributed by atoms with van der Waals surface area (Å²) in [5.74, 6) is 0.173. The van der Waals surface area contributed by atoms with Crippen molar-refractivity contribution >= 4 is 23.3 Å². The van der Waals surface area contributed by atoms with Crippen LogP contribution in [-0.4, -0.2) is 54.2 Å². The van der Waals surface area contributed by atoms with Crippen LogP contribution in [0.15, 0.2) is 30.5 Å². The normalized spacial score (nSPS) is 15.2. The molecule has 29 heavy (non-hydrogen) atoms. The van der Waals surface area contributed by atoms with E-state index >= 15 is 0 Å². The van der Waals surface area contributed by atoms with Gasteiger partial charge in [-0.1, -0.05) is 11.6 Å². The Labute approximate surface area is 170 Å². The van der Waals surface area contributed by atoms with Crippen molar-refractivity contribution in [3.63, 3.8) is 0 Å². The number of nitrogens with zero attached hydrogens (tertiary/aromatic N) is 3. The largest absolute Gasteiger partial charge is 0.507 e. The number of anilines is 1. The van der Waals surface area contributed by atoms with Gasteiger partial charge in [0.15, 0.2) is 0 Å². The predicted molar refractivity (Wildman–Crippen MR) is 102 cm³/mol. The lowest BCUT2D eigenvalue weighted by molar-refractivity contribution is -0.137. The maximum atomic E-state index is 12.8. The Kier molecular flexibility index (Phi) is 6.07. The van der Waals surface area contributed by atoms with Crippen LogP contribution in [0.5, 0.6) is 11.5 Å². The van der Waals surface area contributed by atoms with Crippen molar-refractivity contribution in [1.29, 1.82) is 0 Å². The van der Waals surface area contributed by atoms with Gasteiger partial charge in [0, 0.05) is 38.4 Å². The lowest BCUT2D eigenvalue weighted by atomic mass is 10.1. The Morgan fingerprint density at radius 3 is 2.59 bits per heavy atom. The zero-order chi connectivity index (χ0) is 21.2. The molecular weight excluding hydrogens is 411 g/mol. The first-order valence-electron chi connectivity index (χ1n) is 8.84. The molecule has 1 amide bonds. The van der Waals surface area contributed by atoms with E-state index in [0.29, 0.717) is 38.3 Å². The number of benzene rings is 1. The monoisotopic (exact) mass is 429 g/mol. The number of pyridine rings is 1. The summed E-state index contributed by atoms with van der Waals surface area (Å²) in [6, 6.07) is 5.30. The number of hydrogen-bond acceptors (Lipinski definition) is 5. The molecule has 0 atom stereocenters. The number of phenolic OH excluding ortho intramolecular Hbond substituents is 1. The molecule has 0 saturated carbocycles. The minimum atomic E-state index is -4.52. The highest BCUT2D eigenvalue weighted by molar-refractivity contribution is 6.33. The van der Waals surface area contributed by atoms with Crippen LogP contribution in [0.2, 0.25) is 5.02 Å². The van der Waals surface area contributed by atoms with Gasteiger partial charge in [-0.25, -0.2) is 4.98 Å². The number of methoxy groups -OCH3 is 1. The molecule has 0 spiro atoms. The average molecular weight is 430 g/mol. The fraction of sp³-hybridized carbons (Fsp3) is 0.368. The van der Waals surface area contributed by atoms with Gasteiger partial charge in [-0.05, 0) is 24.6 Å². The molecule has 0 unspecified atom stereocenters. The van der Waals surface area contributed by atoms with E-state index in [2.05, 4.69) is 4.98 Å². The van der Waals surface area contributed by atoms with Crippen LogP contribution in [0, 0.1) is 0 Å². The van der Waals surface area contributed by atoms with Crippen LogP contribution in [0.25, 0.3) is 0 Å². The fourth-order valence-electron chi connectivity index (χ4n) is 3.14. The third-order valence-electron chi connectivity index (χ3n) is 4.67. The van der Waals surface area contributed by atoms with E-state index in [9.17, 15) is 23.1 Å². The van der Waals surface area contributed by atoms with Crippen molar-refractivity contribution in [3.8, 4) is 11.5 Å². The van der Waals surface area contributed by atoms with Gasteiger partial charge < -0.3 is 19.6 Å². The minimum Gasteiger partial charge on any atom is -0.507 e. The first-order chi connectivity index (χ1) is 13.7. The second-order valence-electron chi connectivity index (χ2n) is 6.54. The SMILES string of the molecule is COc1ccc(C(=O)N2CCCN(c3ncc(C(F)(F)F)cc3Cl)CC2)c(O)c1. The first-order valence-corrected chi connectivity index (χ1v) is 9.22. The fourth-order valence-corrected chi connectivity index (χ4v) is 3.43. The Hall–Kier alpha value is -2.68. The van der Waals surface area contributed by atoms with E-state index in [1.54, 1.807) is 15.9 Å². The summed E-state index contributed by atoms with van der Waals surface area (Å²) in [6.45, 7) is 1.57. The van der Waals surface area contributed by atoms with Gasteiger partial charge in [0.2, 0.25) is 0 Å². The van der Waals surface area contributed by atoms with Gasteiger partial charge in [-0.2, -0.15) is 13.2 Å². The number of carbonyl (C=O) groups is 1. The average Bonchev–Trinajstić information content (AvgIpc) is 2.92. The quantitative estimate of drug-likeness (QED) is 0.803. The second kappa shape index (κ2) is 8.36. The van der Waals surface area contributed by atoms with E-state index in [4.69, 9.17) is 16.3 Å². The molecule has 6 nitrogen and oxygen atoms in total. The Bertz CT molecular complexity index is 908. The lowest BCUT2D eigenvalue weighted by Crippen LogP contribution is -2.35. The second-order valence-corrected chi connectivity index (χ2v) is 6.95. The Balaban J connectivity index is 1.73. The van der Waals surface area contributed by atoms with Crippen LogP contribution >= 0.6 is 11.6 Å². The maximum Gasteiger partial charge on any atom is 0.417 e. The first kappa shape index (κ1) is 21.0. The molecule has 156 valence electrons. The number of amides is 1. The molecule has 1 fully saturated rings. The van der Waals surface area contributed by atoms with Gasteiger partial charge in [0.25, 0.3) is 5.91 Å². The predicted octanol–water partition coefficient (Wildman–Crippen LogP) is 3.82. The number of rotatable bonds is 3. The smallest absolute Gasteiger partial charge is 0.417 e. The van der Waals surface area contributed by atoms with Gasteiger partial charge in [0.05, 0.1) is 23.3 Å². The van der Waals surface area contributed by atoms with Gasteiger partial charge in [0.1, 0.15) is 17.3 Å². The number of ether oxygens (including phenoxy) is 1. The van der Waals surface area contributed by atoms with Gasteiger partial charge in [-0.15, -0.1) is 0 Å². The highest BCUT2D eigenvalue weighted by atomic mass is 35.5. The van der Waals surface area contributed by atoms with Crippen LogP contribution in [0.4, 0.5) is 19.0 Å². The van der Waals surface area contributed by atoms with Gasteiger partial charge >= 0.3 is 6.18 Å². The highest BCUT2D eigenvalue weighted by Gasteiger charge is 2.32. The molecule has 0 aliphatic carbocycles. The molecule has 3 rings (SSSR count). The third-order valence-corrected chi connectivity index (χ3v) is 4.95. The number of aromatic hydroxyl groups is 1. The minimum absolute atomic E-state index is 0.0904. The van der Waals surface area contributed by atoms with Crippen LogP contribution < -0.4 is 9.64 Å². The molecule has 10 heteroatoms. The Morgan fingerprint density at radius 1 is 1.21 bits per heavy atom. The molecule has 0 radical (unpaired) electrons. The van der Waals surface area contributed by atoms with E-state index in [1.807, 2.05) is 0 Å². The molecular formula is C19H19ClF3N3O3. The number of hydrogen-bond donors (Lipinski definition) is 1. The van der Waals surface area contributed by atoms with Crippen molar-refractivity contribution < 1.29 is 27.8 Å². The van der Waals surface area contributed by atoms with Gasteiger partial charge in [-0.3, -0.25) is 4.79 Å². The van der Waals surface area contributed by atoms with E-state index in [1.165, 1.54) is 19.2 Å². The summed E-state index contributed by atoms with van der Waals surface area (Å²) in [4.78, 5) is 20.0. The molecule has 1 aromatic heterocycles. The summed E-state index contributed by atoms with van der Waals surface area (Å²) in [6.07, 6.45) is -3.19. The lowest BCUT2D eigenvalue weighted by Gasteiger charge is -2.24. The summed E-state index contributed by atoms with van der Waals surface area (Å²) >= 11 is 6.04. The molecule has 2 heterocycles. The standard InChI is InChI=1S/C19H19ClF3N3O3/c1-29-13-3-4-14(16(27)10-13)18(28)26-6-2-5-25(7-8-26)17-15(20)9-12(11-24-17)19(21,22)23/h3-4,9-11,27H,2,5-8H2,1H3. The van der Waals surface area contributed by atoms with E-state index < -0.39 is 11.7 Å². The van der Waals surface area contributed by atoms with E-state index in [-0.39, 0.29) is 28.1 Å². The summed E-state index contributed by atoms with van der Waals surface area (Å²) in [5.41, 5.74) is -0.752. The van der Waals surface area contributed by atoms with Crippen molar-refractivity contribution in [2.75, 3.05) is 38.2 Å². The molecule has 1 saturated heterocycles. The number of carbonyl (C=O) groups excluding carboxylic acids is 1. The van der Waals surface area contributed by atoms with Crippen molar-refractivity contribution in [1.82, 2.24) is 9.88 Å². The Morgan fingerprint density at radius 2 is 1.97 bits per heavy atom. The molecule has 1 aliphatic heterocycles. The third kappa shape index (κ3) is 4.67.